The van der Waals surface area contributed by atoms with Gasteiger partial charge in [0.25, 0.3) is 0 Å². The Labute approximate surface area is 75.9 Å². The van der Waals surface area contributed by atoms with Gasteiger partial charge < -0.3 is 4.74 Å². The van der Waals surface area contributed by atoms with Gasteiger partial charge in [0.15, 0.2) is 6.23 Å². The van der Waals surface area contributed by atoms with Crippen LogP contribution in [0.25, 0.3) is 0 Å². The number of aromatic nitrogens is 1. The molecule has 1 saturated heterocycles. The van der Waals surface area contributed by atoms with Gasteiger partial charge in [-0.3, -0.25) is 15.1 Å². The van der Waals surface area contributed by atoms with Crippen molar-refractivity contribution in [2.45, 2.75) is 6.23 Å². The van der Waals surface area contributed by atoms with E-state index in [4.69, 9.17) is 4.74 Å². The summed E-state index contributed by atoms with van der Waals surface area (Å²) in [6.07, 6.45) is 2.70. The number of ether oxygens (including phenoxy) is 1. The molecule has 1 N–H and O–H groups in total. The van der Waals surface area contributed by atoms with Gasteiger partial charge >= 0.3 is 0 Å². The molecule has 0 spiro atoms. The number of Topliss-reactive ketones (excluding diaryl/α,β-unsaturated/α-hetero) is 1. The predicted molar refractivity (Wildman–Crippen MR) is 46.3 cm³/mol. The van der Waals surface area contributed by atoms with Crippen LogP contribution in [0.4, 0.5) is 0 Å². The summed E-state index contributed by atoms with van der Waals surface area (Å²) in [5.74, 6) is -0.0504. The highest BCUT2D eigenvalue weighted by Crippen LogP contribution is 2.05. The zero-order chi connectivity index (χ0) is 9.10. The molecule has 2 rings (SSSR count). The van der Waals surface area contributed by atoms with Gasteiger partial charge in [-0.15, -0.1) is 0 Å². The van der Waals surface area contributed by atoms with Crippen LogP contribution in [-0.4, -0.2) is 30.1 Å². The van der Waals surface area contributed by atoms with E-state index >= 15 is 0 Å². The Bertz CT molecular complexity index is 294. The quantitative estimate of drug-likeness (QED) is 0.658. The molecule has 2 heterocycles. The highest BCUT2D eigenvalue weighted by molar-refractivity contribution is 5.99. The van der Waals surface area contributed by atoms with Crippen LogP contribution in [0, 0.1) is 0 Å². The molecule has 1 aliphatic rings. The molecule has 1 aliphatic heterocycles. The number of hydrogen-bond acceptors (Lipinski definition) is 4. The lowest BCUT2D eigenvalue weighted by molar-refractivity contribution is 0.0604. The van der Waals surface area contributed by atoms with Crippen LogP contribution in [-0.2, 0) is 4.74 Å². The highest BCUT2D eigenvalue weighted by Gasteiger charge is 2.23. The van der Waals surface area contributed by atoms with E-state index in [0.717, 1.165) is 6.54 Å². The first kappa shape index (κ1) is 8.34. The molecule has 68 valence electrons. The zero-order valence-corrected chi connectivity index (χ0v) is 7.06. The van der Waals surface area contributed by atoms with E-state index in [1.165, 1.54) is 0 Å². The Balaban J connectivity index is 2.13. The summed E-state index contributed by atoms with van der Waals surface area (Å²) in [5, 5.41) is 2.96. The van der Waals surface area contributed by atoms with Gasteiger partial charge in [0.2, 0.25) is 5.78 Å². The van der Waals surface area contributed by atoms with E-state index in [1.807, 2.05) is 0 Å². The molecule has 0 saturated carbocycles. The number of nitrogens with zero attached hydrogens (tertiary/aromatic N) is 1. The lowest BCUT2D eigenvalue weighted by Gasteiger charge is -2.07. The SMILES string of the molecule is O=C(c1cccnc1)C1NCCO1. The number of pyridine rings is 1. The molecule has 0 radical (unpaired) electrons. The van der Waals surface area contributed by atoms with Crippen LogP contribution < -0.4 is 5.32 Å². The van der Waals surface area contributed by atoms with E-state index in [1.54, 1.807) is 24.5 Å². The molecule has 1 aromatic heterocycles. The van der Waals surface area contributed by atoms with Crippen LogP contribution in [0.5, 0.6) is 0 Å². The van der Waals surface area contributed by atoms with Crippen molar-refractivity contribution in [3.05, 3.63) is 30.1 Å². The standard InChI is InChI=1S/C9H10N2O2/c12-8(9-11-4-5-13-9)7-2-1-3-10-6-7/h1-3,6,9,11H,4-5H2. The fourth-order valence-electron chi connectivity index (χ4n) is 1.25. The maximum absolute atomic E-state index is 11.6. The lowest BCUT2D eigenvalue weighted by Crippen LogP contribution is -2.31. The van der Waals surface area contributed by atoms with Crippen molar-refractivity contribution < 1.29 is 9.53 Å². The maximum Gasteiger partial charge on any atom is 0.207 e. The number of hydrogen-bond donors (Lipinski definition) is 1. The second-order valence-electron chi connectivity index (χ2n) is 2.81. The van der Waals surface area contributed by atoms with Gasteiger partial charge in [-0.05, 0) is 12.1 Å². The van der Waals surface area contributed by atoms with Crippen molar-refractivity contribution in [2.24, 2.45) is 0 Å². The van der Waals surface area contributed by atoms with Crippen molar-refractivity contribution in [3.8, 4) is 0 Å². The fraction of sp³-hybridized carbons (Fsp3) is 0.333. The van der Waals surface area contributed by atoms with E-state index < -0.39 is 6.23 Å². The van der Waals surface area contributed by atoms with Gasteiger partial charge in [0, 0.05) is 24.5 Å². The molecule has 1 aromatic rings. The lowest BCUT2D eigenvalue weighted by atomic mass is 10.2. The van der Waals surface area contributed by atoms with Crippen molar-refractivity contribution in [2.75, 3.05) is 13.2 Å². The largest absolute Gasteiger partial charge is 0.354 e. The van der Waals surface area contributed by atoms with Crippen LogP contribution in [0.3, 0.4) is 0 Å². The monoisotopic (exact) mass is 178 g/mol. The van der Waals surface area contributed by atoms with Gasteiger partial charge in [0.05, 0.1) is 6.61 Å². The second-order valence-corrected chi connectivity index (χ2v) is 2.81. The van der Waals surface area contributed by atoms with Crippen LogP contribution in [0.1, 0.15) is 10.4 Å². The van der Waals surface area contributed by atoms with E-state index in [0.29, 0.717) is 12.2 Å². The first-order chi connectivity index (χ1) is 6.38. The molecule has 0 aromatic carbocycles. The van der Waals surface area contributed by atoms with Gasteiger partial charge in [0.1, 0.15) is 0 Å². The van der Waals surface area contributed by atoms with Crippen LogP contribution in [0.15, 0.2) is 24.5 Å². The van der Waals surface area contributed by atoms with E-state index in [9.17, 15) is 4.79 Å². The second kappa shape index (κ2) is 3.64. The summed E-state index contributed by atoms with van der Waals surface area (Å²) >= 11 is 0. The normalized spacial score (nSPS) is 21.7. The molecule has 1 atom stereocenters. The average Bonchev–Trinajstić information content (AvgIpc) is 2.71. The third kappa shape index (κ3) is 1.74. The average molecular weight is 178 g/mol. The first-order valence-electron chi connectivity index (χ1n) is 4.17. The van der Waals surface area contributed by atoms with E-state index in [-0.39, 0.29) is 5.78 Å². The molecule has 0 amide bonds. The van der Waals surface area contributed by atoms with E-state index in [2.05, 4.69) is 10.3 Å². The third-order valence-corrected chi connectivity index (χ3v) is 1.90. The topological polar surface area (TPSA) is 51.2 Å². The van der Waals surface area contributed by atoms with Gasteiger partial charge in [-0.25, -0.2) is 0 Å². The Hall–Kier alpha value is -1.26. The molecular formula is C9H10N2O2. The Morgan fingerprint density at radius 1 is 1.69 bits per heavy atom. The number of rotatable bonds is 2. The minimum Gasteiger partial charge on any atom is -0.354 e. The summed E-state index contributed by atoms with van der Waals surface area (Å²) in [6.45, 7) is 1.33. The van der Waals surface area contributed by atoms with Crippen molar-refractivity contribution in [3.63, 3.8) is 0 Å². The summed E-state index contributed by atoms with van der Waals surface area (Å²) in [5.41, 5.74) is 0.585. The molecule has 13 heavy (non-hydrogen) atoms. The molecular weight excluding hydrogens is 168 g/mol. The van der Waals surface area contributed by atoms with Gasteiger partial charge in [-0.1, -0.05) is 0 Å². The number of ketones is 1. The molecule has 1 fully saturated rings. The minimum atomic E-state index is -0.482. The zero-order valence-electron chi connectivity index (χ0n) is 7.06. The fourth-order valence-corrected chi connectivity index (χ4v) is 1.25. The van der Waals surface area contributed by atoms with Crippen molar-refractivity contribution in [1.29, 1.82) is 0 Å². The minimum absolute atomic E-state index is 0.0504. The smallest absolute Gasteiger partial charge is 0.207 e. The third-order valence-electron chi connectivity index (χ3n) is 1.90. The summed E-state index contributed by atoms with van der Waals surface area (Å²) < 4.78 is 5.18. The summed E-state index contributed by atoms with van der Waals surface area (Å²) in [7, 11) is 0. The Morgan fingerprint density at radius 3 is 3.23 bits per heavy atom. The van der Waals surface area contributed by atoms with Crippen molar-refractivity contribution in [1.82, 2.24) is 10.3 Å². The summed E-state index contributed by atoms with van der Waals surface area (Å²) in [6, 6.07) is 3.47. The number of nitrogens with one attached hydrogen (secondary N) is 1. The Kier molecular flexibility index (Phi) is 2.33. The molecule has 1 unspecified atom stereocenters. The summed E-state index contributed by atoms with van der Waals surface area (Å²) in [4.78, 5) is 15.5. The van der Waals surface area contributed by atoms with Crippen LogP contribution in [0.2, 0.25) is 0 Å². The van der Waals surface area contributed by atoms with Crippen molar-refractivity contribution >= 4 is 5.78 Å². The first-order valence-corrected chi connectivity index (χ1v) is 4.17. The number of carbonyl (C=O) groups is 1. The van der Waals surface area contributed by atoms with Gasteiger partial charge in [-0.2, -0.15) is 0 Å². The highest BCUT2D eigenvalue weighted by atomic mass is 16.5. The Morgan fingerprint density at radius 2 is 2.62 bits per heavy atom. The molecule has 4 heteroatoms. The molecule has 0 aliphatic carbocycles. The molecule has 4 nitrogen and oxygen atoms in total. The predicted octanol–water partition coefficient (Wildman–Crippen LogP) is 0.210. The van der Waals surface area contributed by atoms with Crippen LogP contribution >= 0.6 is 0 Å². The molecule has 0 bridgehead atoms. The maximum atomic E-state index is 11.6. The number of carbonyl (C=O) groups excluding carboxylic acids is 1.